The van der Waals surface area contributed by atoms with E-state index in [9.17, 15) is 4.79 Å². The van der Waals surface area contributed by atoms with Crippen molar-refractivity contribution in [3.05, 3.63) is 24.2 Å². The Morgan fingerprint density at radius 3 is 3.10 bits per heavy atom. The first-order chi connectivity index (χ1) is 4.84. The SMILES string of the molecule is CSCC(=O)c1ccoc1. The van der Waals surface area contributed by atoms with Crippen LogP contribution < -0.4 is 0 Å². The predicted octanol–water partition coefficient (Wildman–Crippen LogP) is 1.83. The number of furan rings is 1. The molecule has 0 aliphatic rings. The molecule has 0 atom stereocenters. The second kappa shape index (κ2) is 3.46. The summed E-state index contributed by atoms with van der Waals surface area (Å²) in [6.45, 7) is 0. The van der Waals surface area contributed by atoms with E-state index in [4.69, 9.17) is 4.42 Å². The molecular weight excluding hydrogens is 148 g/mol. The average Bonchev–Trinajstić information content (AvgIpc) is 2.38. The van der Waals surface area contributed by atoms with E-state index in [-0.39, 0.29) is 5.78 Å². The molecule has 10 heavy (non-hydrogen) atoms. The van der Waals surface area contributed by atoms with Gasteiger partial charge in [-0.15, -0.1) is 0 Å². The molecule has 1 rings (SSSR count). The van der Waals surface area contributed by atoms with E-state index in [2.05, 4.69) is 0 Å². The van der Waals surface area contributed by atoms with Gasteiger partial charge >= 0.3 is 0 Å². The van der Waals surface area contributed by atoms with Gasteiger partial charge in [-0.3, -0.25) is 4.79 Å². The maximum absolute atomic E-state index is 11.0. The van der Waals surface area contributed by atoms with Crippen LogP contribution >= 0.6 is 11.8 Å². The first-order valence-corrected chi connectivity index (χ1v) is 4.28. The van der Waals surface area contributed by atoms with Crippen molar-refractivity contribution >= 4 is 17.5 Å². The summed E-state index contributed by atoms with van der Waals surface area (Å²) in [7, 11) is 0. The highest BCUT2D eigenvalue weighted by Gasteiger charge is 2.04. The number of hydrogen-bond acceptors (Lipinski definition) is 3. The van der Waals surface area contributed by atoms with Crippen LogP contribution in [0.2, 0.25) is 0 Å². The Morgan fingerprint density at radius 1 is 1.80 bits per heavy atom. The summed E-state index contributed by atoms with van der Waals surface area (Å²) >= 11 is 1.52. The summed E-state index contributed by atoms with van der Waals surface area (Å²) in [4.78, 5) is 11.0. The van der Waals surface area contributed by atoms with Crippen molar-refractivity contribution in [2.24, 2.45) is 0 Å². The Balaban J connectivity index is 2.59. The third-order valence-corrected chi connectivity index (χ3v) is 1.67. The molecule has 0 aliphatic carbocycles. The molecule has 1 heterocycles. The molecule has 1 aromatic heterocycles. The van der Waals surface area contributed by atoms with E-state index >= 15 is 0 Å². The molecule has 54 valence electrons. The first kappa shape index (κ1) is 7.41. The van der Waals surface area contributed by atoms with Gasteiger partial charge in [-0.2, -0.15) is 11.8 Å². The van der Waals surface area contributed by atoms with Crippen LogP contribution in [0, 0.1) is 0 Å². The van der Waals surface area contributed by atoms with Crippen LogP contribution in [0.15, 0.2) is 23.0 Å². The normalized spacial score (nSPS) is 9.70. The lowest BCUT2D eigenvalue weighted by Crippen LogP contribution is -1.99. The fourth-order valence-corrected chi connectivity index (χ4v) is 1.07. The quantitative estimate of drug-likeness (QED) is 0.625. The maximum atomic E-state index is 11.0. The molecule has 0 saturated heterocycles. The smallest absolute Gasteiger partial charge is 0.175 e. The van der Waals surface area contributed by atoms with E-state index in [1.165, 1.54) is 24.3 Å². The van der Waals surface area contributed by atoms with E-state index < -0.39 is 0 Å². The average molecular weight is 156 g/mol. The molecular formula is C7H8O2S. The Hall–Kier alpha value is -0.700. The van der Waals surface area contributed by atoms with Crippen LogP contribution in [0.1, 0.15) is 10.4 Å². The summed E-state index contributed by atoms with van der Waals surface area (Å²) in [6, 6.07) is 1.68. The van der Waals surface area contributed by atoms with Crippen molar-refractivity contribution in [1.82, 2.24) is 0 Å². The summed E-state index contributed by atoms with van der Waals surface area (Å²) in [5.74, 6) is 0.653. The van der Waals surface area contributed by atoms with Gasteiger partial charge < -0.3 is 4.42 Å². The highest BCUT2D eigenvalue weighted by molar-refractivity contribution is 7.99. The fraction of sp³-hybridized carbons (Fsp3) is 0.286. The summed E-state index contributed by atoms with van der Waals surface area (Å²) in [5.41, 5.74) is 0.661. The predicted molar refractivity (Wildman–Crippen MR) is 41.4 cm³/mol. The fourth-order valence-electron chi connectivity index (χ4n) is 0.638. The summed E-state index contributed by atoms with van der Waals surface area (Å²) < 4.78 is 4.75. The molecule has 0 N–H and O–H groups in total. The summed E-state index contributed by atoms with van der Waals surface area (Å²) in [5, 5.41) is 0. The van der Waals surface area contributed by atoms with Crippen molar-refractivity contribution in [3.8, 4) is 0 Å². The topological polar surface area (TPSA) is 30.2 Å². The van der Waals surface area contributed by atoms with Gasteiger partial charge in [0.2, 0.25) is 0 Å². The largest absolute Gasteiger partial charge is 0.472 e. The third kappa shape index (κ3) is 1.64. The van der Waals surface area contributed by atoms with Crippen LogP contribution in [-0.4, -0.2) is 17.8 Å². The van der Waals surface area contributed by atoms with Gasteiger partial charge in [-0.05, 0) is 12.3 Å². The van der Waals surface area contributed by atoms with Crippen molar-refractivity contribution in [2.45, 2.75) is 0 Å². The Kier molecular flexibility index (Phi) is 2.57. The Morgan fingerprint density at radius 2 is 2.60 bits per heavy atom. The van der Waals surface area contributed by atoms with E-state index in [0.29, 0.717) is 11.3 Å². The maximum Gasteiger partial charge on any atom is 0.175 e. The molecule has 0 amide bonds. The lowest BCUT2D eigenvalue weighted by atomic mass is 10.2. The minimum Gasteiger partial charge on any atom is -0.472 e. The van der Waals surface area contributed by atoms with Crippen molar-refractivity contribution in [2.75, 3.05) is 12.0 Å². The van der Waals surface area contributed by atoms with E-state index in [0.717, 1.165) is 0 Å². The Labute approximate surface area is 63.6 Å². The number of rotatable bonds is 3. The van der Waals surface area contributed by atoms with Gasteiger partial charge in [0.25, 0.3) is 0 Å². The molecule has 1 aromatic rings. The zero-order valence-electron chi connectivity index (χ0n) is 5.66. The lowest BCUT2D eigenvalue weighted by Gasteiger charge is -1.89. The van der Waals surface area contributed by atoms with Gasteiger partial charge in [0.1, 0.15) is 6.26 Å². The highest BCUT2D eigenvalue weighted by atomic mass is 32.2. The highest BCUT2D eigenvalue weighted by Crippen LogP contribution is 2.04. The van der Waals surface area contributed by atoms with E-state index in [1.807, 2.05) is 6.26 Å². The monoisotopic (exact) mass is 156 g/mol. The van der Waals surface area contributed by atoms with Gasteiger partial charge in [0.05, 0.1) is 17.6 Å². The van der Waals surface area contributed by atoms with Gasteiger partial charge in [0.15, 0.2) is 5.78 Å². The molecule has 2 nitrogen and oxygen atoms in total. The number of carbonyl (C=O) groups is 1. The number of Topliss-reactive ketones (excluding diaryl/α,β-unsaturated/α-hetero) is 1. The number of ketones is 1. The van der Waals surface area contributed by atoms with E-state index in [1.54, 1.807) is 6.07 Å². The number of carbonyl (C=O) groups excluding carboxylic acids is 1. The molecule has 0 spiro atoms. The van der Waals surface area contributed by atoms with Gasteiger partial charge in [-0.1, -0.05) is 0 Å². The van der Waals surface area contributed by atoms with Crippen LogP contribution in [0.25, 0.3) is 0 Å². The molecule has 0 fully saturated rings. The molecule has 0 aromatic carbocycles. The van der Waals surface area contributed by atoms with Crippen LogP contribution in [-0.2, 0) is 0 Å². The molecule has 0 saturated carbocycles. The zero-order valence-corrected chi connectivity index (χ0v) is 6.48. The number of thioether (sulfide) groups is 1. The molecule has 0 radical (unpaired) electrons. The van der Waals surface area contributed by atoms with Crippen LogP contribution in [0.3, 0.4) is 0 Å². The molecule has 0 unspecified atom stereocenters. The van der Waals surface area contributed by atoms with Gasteiger partial charge in [-0.25, -0.2) is 0 Å². The minimum atomic E-state index is 0.126. The zero-order chi connectivity index (χ0) is 7.40. The van der Waals surface area contributed by atoms with Crippen LogP contribution in [0.5, 0.6) is 0 Å². The molecule has 0 aliphatic heterocycles. The summed E-state index contributed by atoms with van der Waals surface area (Å²) in [6.07, 6.45) is 4.88. The minimum absolute atomic E-state index is 0.126. The number of hydrogen-bond donors (Lipinski definition) is 0. The third-order valence-electron chi connectivity index (χ3n) is 1.12. The first-order valence-electron chi connectivity index (χ1n) is 2.89. The van der Waals surface area contributed by atoms with Crippen LogP contribution in [0.4, 0.5) is 0 Å². The molecule has 0 bridgehead atoms. The van der Waals surface area contributed by atoms with Crippen molar-refractivity contribution in [1.29, 1.82) is 0 Å². The Bertz CT molecular complexity index is 203. The molecule has 3 heteroatoms. The second-order valence-corrected chi connectivity index (χ2v) is 2.73. The second-order valence-electron chi connectivity index (χ2n) is 1.87. The lowest BCUT2D eigenvalue weighted by molar-refractivity contribution is 0.102. The van der Waals surface area contributed by atoms with Crippen molar-refractivity contribution in [3.63, 3.8) is 0 Å². The van der Waals surface area contributed by atoms with Gasteiger partial charge in [0, 0.05) is 0 Å². The standard InChI is InChI=1S/C7H8O2S/c1-10-5-7(8)6-2-3-9-4-6/h2-4H,5H2,1H3. The van der Waals surface area contributed by atoms with Crippen molar-refractivity contribution < 1.29 is 9.21 Å².